The van der Waals surface area contributed by atoms with Crippen molar-refractivity contribution in [1.82, 2.24) is 4.90 Å². The molecular weight excluding hydrogens is 286 g/mol. The molecule has 1 aromatic rings. The van der Waals surface area contributed by atoms with Crippen LogP contribution in [-0.2, 0) is 16.1 Å². The van der Waals surface area contributed by atoms with E-state index in [0.29, 0.717) is 5.56 Å². The molecule has 0 heterocycles. The maximum atomic E-state index is 10.6. The molecule has 0 aliphatic carbocycles. The average Bonchev–Trinajstić information content (AvgIpc) is 2.26. The van der Waals surface area contributed by atoms with Gasteiger partial charge in [-0.2, -0.15) is 0 Å². The van der Waals surface area contributed by atoms with Gasteiger partial charge in [-0.1, -0.05) is 24.3 Å². The summed E-state index contributed by atoms with van der Waals surface area (Å²) in [5.74, 6) is -2.29. The van der Waals surface area contributed by atoms with E-state index in [2.05, 4.69) is 0 Å². The van der Waals surface area contributed by atoms with Gasteiger partial charge in [-0.15, -0.1) is 0 Å². The highest BCUT2D eigenvalue weighted by atomic mass is 28.4. The van der Waals surface area contributed by atoms with Gasteiger partial charge >= 0.3 is 20.7 Å². The fourth-order valence-electron chi connectivity index (χ4n) is 1.64. The Morgan fingerprint density at radius 1 is 0.950 bits per heavy atom. The summed E-state index contributed by atoms with van der Waals surface area (Å²) in [6.07, 6.45) is 0. The molecule has 20 heavy (non-hydrogen) atoms. The molecule has 0 spiro atoms. The van der Waals surface area contributed by atoms with Crippen molar-refractivity contribution in [3.8, 4) is 0 Å². The summed E-state index contributed by atoms with van der Waals surface area (Å²) in [4.78, 5) is 49.7. The molecule has 0 amide bonds. The second kappa shape index (κ2) is 6.59. The molecule has 1 aromatic carbocycles. The second-order valence-corrected chi connectivity index (χ2v) is 6.11. The highest BCUT2D eigenvalue weighted by Crippen LogP contribution is 2.04. The van der Waals surface area contributed by atoms with E-state index in [1.54, 1.807) is 0 Å². The quantitative estimate of drug-likeness (QED) is 0.357. The van der Waals surface area contributed by atoms with Crippen molar-refractivity contribution in [3.05, 3.63) is 29.8 Å². The summed E-state index contributed by atoms with van der Waals surface area (Å²) in [5, 5.41) is 17.4. The van der Waals surface area contributed by atoms with E-state index >= 15 is 0 Å². The first-order valence-corrected chi connectivity index (χ1v) is 7.45. The van der Waals surface area contributed by atoms with Crippen LogP contribution in [0.5, 0.6) is 0 Å². The predicted molar refractivity (Wildman–Crippen MR) is 69.0 cm³/mol. The Morgan fingerprint density at radius 3 is 1.75 bits per heavy atom. The topological polar surface area (TPSA) is 139 Å². The molecule has 0 aliphatic heterocycles. The minimum Gasteiger partial charge on any atom is -0.480 e. The monoisotopic (exact) mass is 301 g/mol. The fourth-order valence-corrected chi connectivity index (χ4v) is 2.26. The molecule has 0 aromatic heterocycles. The number of hydrogen-bond acceptors (Lipinski definition) is 6. The van der Waals surface area contributed by atoms with Crippen molar-refractivity contribution in [3.63, 3.8) is 0 Å². The van der Waals surface area contributed by atoms with Gasteiger partial charge in [0.2, 0.25) is 0 Å². The zero-order chi connectivity index (χ0) is 15.3. The van der Waals surface area contributed by atoms with Gasteiger partial charge in [-0.3, -0.25) is 14.5 Å². The van der Waals surface area contributed by atoms with Gasteiger partial charge < -0.3 is 24.6 Å². The van der Waals surface area contributed by atoms with Crippen molar-refractivity contribution >= 4 is 25.9 Å². The van der Waals surface area contributed by atoms with Crippen LogP contribution in [-0.4, -0.2) is 63.3 Å². The van der Waals surface area contributed by atoms with Gasteiger partial charge in [0.05, 0.1) is 13.1 Å². The number of hydrogen-bond donors (Lipinski definition) is 5. The lowest BCUT2D eigenvalue weighted by molar-refractivity contribution is -0.142. The summed E-state index contributed by atoms with van der Waals surface area (Å²) in [6.45, 7) is -0.769. The highest BCUT2D eigenvalue weighted by Gasteiger charge is 2.29. The standard InChI is InChI=1S/C11H15NO7Si/c13-10(14)6-12(7-11(15)16)5-8-1-3-9(4-2-8)20(17,18)19/h1-4,17-19H,5-7H2,(H,13,14)(H,15,16). The Labute approximate surface area is 115 Å². The summed E-state index contributed by atoms with van der Waals surface area (Å²) in [6, 6.07) is 5.55. The van der Waals surface area contributed by atoms with Crippen molar-refractivity contribution < 1.29 is 34.2 Å². The molecule has 9 heteroatoms. The van der Waals surface area contributed by atoms with Crippen LogP contribution in [0.4, 0.5) is 0 Å². The SMILES string of the molecule is O=C(O)CN(CC(=O)O)Cc1ccc([Si](O)(O)O)cc1. The molecule has 8 nitrogen and oxygen atoms in total. The van der Waals surface area contributed by atoms with Crippen LogP contribution in [0.25, 0.3) is 0 Å². The first-order valence-electron chi connectivity index (χ1n) is 5.61. The smallest absolute Gasteiger partial charge is 0.480 e. The van der Waals surface area contributed by atoms with Crippen molar-refractivity contribution in [2.45, 2.75) is 6.54 Å². The van der Waals surface area contributed by atoms with Gasteiger partial charge in [-0.05, 0) is 5.56 Å². The summed E-state index contributed by atoms with van der Waals surface area (Å²) < 4.78 is 0. The van der Waals surface area contributed by atoms with E-state index < -0.39 is 33.8 Å². The third-order valence-corrected chi connectivity index (χ3v) is 3.57. The Hall–Kier alpha value is -1.78. The molecular formula is C11H15NO7Si. The minimum absolute atomic E-state index is 0.00994. The van der Waals surface area contributed by atoms with E-state index in [1.807, 2.05) is 0 Å². The molecule has 1 rings (SSSR count). The molecule has 5 N–H and O–H groups in total. The molecule has 110 valence electrons. The van der Waals surface area contributed by atoms with Crippen molar-refractivity contribution in [2.75, 3.05) is 13.1 Å². The Balaban J connectivity index is 2.78. The largest absolute Gasteiger partial charge is 0.528 e. The Morgan fingerprint density at radius 2 is 1.40 bits per heavy atom. The van der Waals surface area contributed by atoms with Crippen LogP contribution in [0.15, 0.2) is 24.3 Å². The number of carboxylic acid groups (broad SMARTS) is 2. The Kier molecular flexibility index (Phi) is 5.36. The van der Waals surface area contributed by atoms with Crippen molar-refractivity contribution in [1.29, 1.82) is 0 Å². The lowest BCUT2D eigenvalue weighted by Gasteiger charge is -2.18. The Bertz CT molecular complexity index is 467. The van der Waals surface area contributed by atoms with Gasteiger partial charge in [0.15, 0.2) is 0 Å². The zero-order valence-electron chi connectivity index (χ0n) is 10.4. The van der Waals surface area contributed by atoms with Gasteiger partial charge in [0, 0.05) is 11.7 Å². The van der Waals surface area contributed by atoms with E-state index in [0.717, 1.165) is 0 Å². The summed E-state index contributed by atoms with van der Waals surface area (Å²) in [7, 11) is -4.35. The molecule has 0 aliphatic rings. The first kappa shape index (κ1) is 16.3. The number of aliphatic carboxylic acids is 2. The number of rotatable bonds is 7. The average molecular weight is 301 g/mol. The van der Waals surface area contributed by atoms with Crippen LogP contribution < -0.4 is 5.19 Å². The number of carbonyl (C=O) groups is 2. The molecule has 0 saturated heterocycles. The fraction of sp³-hybridized carbons (Fsp3) is 0.273. The van der Waals surface area contributed by atoms with E-state index in [1.165, 1.54) is 29.2 Å². The number of nitrogens with zero attached hydrogens (tertiary/aromatic N) is 1. The first-order chi connectivity index (χ1) is 9.18. The van der Waals surface area contributed by atoms with Crippen LogP contribution >= 0.6 is 0 Å². The van der Waals surface area contributed by atoms with Crippen molar-refractivity contribution in [2.24, 2.45) is 0 Å². The molecule has 0 fully saturated rings. The van der Waals surface area contributed by atoms with Crippen LogP contribution in [0.3, 0.4) is 0 Å². The normalized spacial score (nSPS) is 11.6. The van der Waals surface area contributed by atoms with Gasteiger partial charge in [-0.25, -0.2) is 0 Å². The summed E-state index contributed by atoms with van der Waals surface area (Å²) in [5.41, 5.74) is 0.592. The lowest BCUT2D eigenvalue weighted by atomic mass is 10.2. The summed E-state index contributed by atoms with van der Waals surface area (Å²) >= 11 is 0. The third kappa shape index (κ3) is 5.46. The van der Waals surface area contributed by atoms with Gasteiger partial charge in [0.25, 0.3) is 0 Å². The van der Waals surface area contributed by atoms with E-state index in [4.69, 9.17) is 24.6 Å². The van der Waals surface area contributed by atoms with Crippen LogP contribution in [0, 0.1) is 0 Å². The third-order valence-electron chi connectivity index (χ3n) is 2.47. The molecule has 0 bridgehead atoms. The van der Waals surface area contributed by atoms with E-state index in [-0.39, 0.29) is 11.7 Å². The second-order valence-electron chi connectivity index (χ2n) is 4.26. The maximum Gasteiger partial charge on any atom is 0.528 e. The number of carboxylic acids is 2. The predicted octanol–water partition coefficient (Wildman–Crippen LogP) is -2.22. The zero-order valence-corrected chi connectivity index (χ0v) is 11.4. The number of benzene rings is 1. The van der Waals surface area contributed by atoms with Crippen LogP contribution in [0.2, 0.25) is 0 Å². The maximum absolute atomic E-state index is 10.6. The highest BCUT2D eigenvalue weighted by molar-refractivity contribution is 6.71. The molecule has 0 unspecified atom stereocenters. The minimum atomic E-state index is -4.35. The molecule has 0 atom stereocenters. The molecule has 0 saturated carbocycles. The molecule has 0 radical (unpaired) electrons. The van der Waals surface area contributed by atoms with Crippen LogP contribution in [0.1, 0.15) is 5.56 Å². The van der Waals surface area contributed by atoms with Gasteiger partial charge in [0.1, 0.15) is 0 Å². The lowest BCUT2D eigenvalue weighted by Crippen LogP contribution is -2.48. The van der Waals surface area contributed by atoms with E-state index in [9.17, 15) is 9.59 Å².